The van der Waals surface area contributed by atoms with Crippen molar-refractivity contribution in [3.63, 3.8) is 0 Å². The maximum Gasteiger partial charge on any atom is 0.361 e. The van der Waals surface area contributed by atoms with Crippen LogP contribution in [0.15, 0.2) is 122 Å². The van der Waals surface area contributed by atoms with Gasteiger partial charge in [-0.05, 0) is 103 Å². The predicted octanol–water partition coefficient (Wildman–Crippen LogP) is 23.9. The van der Waals surface area contributed by atoms with E-state index in [9.17, 15) is 19.5 Å². The van der Waals surface area contributed by atoms with Crippen LogP contribution in [0.4, 0.5) is 0 Å². The molecule has 0 fully saturated rings. The zero-order valence-corrected chi connectivity index (χ0v) is 59.7. The van der Waals surface area contributed by atoms with Crippen molar-refractivity contribution < 1.29 is 42.9 Å². The Morgan fingerprint density at radius 3 is 0.879 bits per heavy atom. The summed E-state index contributed by atoms with van der Waals surface area (Å²) in [5, 5.41) is 9.77. The Bertz CT molecular complexity index is 1910. The first-order valence-corrected chi connectivity index (χ1v) is 37.7. The Hall–Kier alpha value is -4.31. The molecule has 0 aliphatic carbocycles. The molecule has 2 unspecified atom stereocenters. The van der Waals surface area contributed by atoms with Gasteiger partial charge in [0.05, 0.1) is 34.4 Å². The number of unbranched alkanes of at least 4 members (excludes halogenated alkanes) is 34. The molecule has 0 radical (unpaired) electrons. The van der Waals surface area contributed by atoms with Crippen molar-refractivity contribution in [2.24, 2.45) is 0 Å². The van der Waals surface area contributed by atoms with E-state index in [0.29, 0.717) is 17.4 Å². The molecule has 9 nitrogen and oxygen atoms in total. The topological polar surface area (TPSA) is 108 Å². The molecule has 0 aromatic heterocycles. The quantitative estimate of drug-likeness (QED) is 0.0211. The summed E-state index contributed by atoms with van der Waals surface area (Å²) in [6.45, 7) is 4.68. The van der Waals surface area contributed by atoms with Crippen LogP contribution in [0.5, 0.6) is 0 Å². The number of hydrogen-bond donors (Lipinski definition) is 1. The van der Waals surface area contributed by atoms with Gasteiger partial charge in [-0.15, -0.1) is 0 Å². The summed E-state index contributed by atoms with van der Waals surface area (Å²) in [6, 6.07) is 0. The highest BCUT2D eigenvalue weighted by Crippen LogP contribution is 2.18. The van der Waals surface area contributed by atoms with E-state index in [0.717, 1.165) is 103 Å². The predicted molar refractivity (Wildman–Crippen MR) is 391 cm³/mol. The molecule has 0 aromatic carbocycles. The molecule has 0 spiro atoms. The van der Waals surface area contributed by atoms with Crippen LogP contribution in [0.3, 0.4) is 0 Å². The van der Waals surface area contributed by atoms with Gasteiger partial charge in [0, 0.05) is 12.8 Å². The average Bonchev–Trinajstić information content (AvgIpc) is 3.46. The number of aliphatic carboxylic acids is 1. The van der Waals surface area contributed by atoms with Crippen molar-refractivity contribution in [1.29, 1.82) is 0 Å². The number of esters is 2. The Labute approximate surface area is 561 Å². The molecule has 2 atom stereocenters. The van der Waals surface area contributed by atoms with E-state index < -0.39 is 24.3 Å². The highest BCUT2D eigenvalue weighted by molar-refractivity contribution is 5.71. The molecule has 0 bridgehead atoms. The fourth-order valence-corrected chi connectivity index (χ4v) is 10.5. The van der Waals surface area contributed by atoms with Crippen molar-refractivity contribution in [3.8, 4) is 0 Å². The fraction of sp³-hybridized carbons (Fsp3) is 0.720. The second-order valence-electron chi connectivity index (χ2n) is 26.2. The molecule has 9 heteroatoms. The van der Waals surface area contributed by atoms with Crippen molar-refractivity contribution in [2.45, 2.75) is 334 Å². The number of likely N-dealkylation sites (N-methyl/N-ethyl adjacent to an activating group) is 1. The minimum atomic E-state index is -1.52. The second-order valence-corrected chi connectivity index (χ2v) is 26.2. The lowest BCUT2D eigenvalue weighted by atomic mass is 10.0. The SMILES string of the molecule is CC/C=C\C/C=C\C/C=C\C/C=C\C/C=C\C/C=C\CCCCCCCCCCCCCCCCCCC(=O)OC(COC(=O)CCCCCCCCCCCCCCCCCCCC/C=C\C/C=C\C/C=C\C/C=C\CC)COC(OCC[N+](C)(C)C)C(=O)O. The van der Waals surface area contributed by atoms with Crippen molar-refractivity contribution >= 4 is 17.9 Å². The van der Waals surface area contributed by atoms with Gasteiger partial charge in [0.1, 0.15) is 13.2 Å². The lowest BCUT2D eigenvalue weighted by Gasteiger charge is -2.25. The molecule has 1 N–H and O–H groups in total. The molecule has 0 saturated carbocycles. The number of carboxylic acids is 1. The number of allylic oxidation sites excluding steroid dienone is 20. The summed E-state index contributed by atoms with van der Waals surface area (Å²) in [5.74, 6) is -1.99. The van der Waals surface area contributed by atoms with E-state index in [-0.39, 0.29) is 32.2 Å². The summed E-state index contributed by atoms with van der Waals surface area (Å²) < 4.78 is 23.0. The van der Waals surface area contributed by atoms with E-state index >= 15 is 0 Å². The monoisotopic (exact) mass is 1270 g/mol. The first-order chi connectivity index (χ1) is 44.6. The number of nitrogens with zero attached hydrogens (tertiary/aromatic N) is 1. The Morgan fingerprint density at radius 1 is 0.330 bits per heavy atom. The van der Waals surface area contributed by atoms with Gasteiger partial charge in [0.15, 0.2) is 6.10 Å². The number of carbonyl (C=O) groups excluding carboxylic acids is 2. The van der Waals surface area contributed by atoms with Gasteiger partial charge in [-0.25, -0.2) is 4.79 Å². The first kappa shape index (κ1) is 86.7. The third kappa shape index (κ3) is 73.0. The number of carbonyl (C=O) groups is 3. The van der Waals surface area contributed by atoms with Crippen LogP contribution >= 0.6 is 0 Å². The number of carboxylic acid groups (broad SMARTS) is 1. The highest BCUT2D eigenvalue weighted by Gasteiger charge is 2.25. The van der Waals surface area contributed by atoms with Gasteiger partial charge in [-0.3, -0.25) is 9.59 Å². The van der Waals surface area contributed by atoms with Crippen LogP contribution in [-0.2, 0) is 33.3 Å². The number of hydrogen-bond acceptors (Lipinski definition) is 7. The molecule has 0 saturated heterocycles. The van der Waals surface area contributed by atoms with Crippen LogP contribution in [-0.4, -0.2) is 87.4 Å². The van der Waals surface area contributed by atoms with E-state index in [4.69, 9.17) is 18.9 Å². The molecular formula is C82H142NO8+. The highest BCUT2D eigenvalue weighted by atomic mass is 16.7. The fourth-order valence-electron chi connectivity index (χ4n) is 10.5. The van der Waals surface area contributed by atoms with Crippen LogP contribution in [0.1, 0.15) is 322 Å². The van der Waals surface area contributed by atoms with Gasteiger partial charge in [-0.1, -0.05) is 328 Å². The van der Waals surface area contributed by atoms with Gasteiger partial charge in [-0.2, -0.15) is 0 Å². The summed E-state index contributed by atoms with van der Waals surface area (Å²) in [7, 11) is 5.98. The van der Waals surface area contributed by atoms with Crippen LogP contribution in [0.25, 0.3) is 0 Å². The Balaban J connectivity index is 4.06. The largest absolute Gasteiger partial charge is 0.477 e. The standard InChI is InChI=1S/C82H141NO8/c1-6-8-10-12-14-16-18-20-22-24-26-28-30-32-34-36-38-39-40-41-43-45-47-49-51-53-55-57-59-61-63-65-67-69-71-73-80(85)91-78(77-90-82(81(86)87)88-75-74-83(3,4)5)76-89-79(84)72-70-68-66-64-62-60-58-56-54-52-50-48-46-44-42-37-35-33-31-29-27-25-23-21-19-17-15-13-11-9-7-2/h8-11,14-17,20-23,26-29,32,34,38-39,78,82H,6-7,12-13,18-19,24-25,30-31,33,35-37,40-77H2,1-5H3/p+1/b10-8-,11-9-,16-14-,17-15-,22-20-,23-21-,28-26-,29-27-,34-32-,39-38-. The molecular weight excluding hydrogens is 1130 g/mol. The van der Waals surface area contributed by atoms with Crippen molar-refractivity contribution in [3.05, 3.63) is 122 Å². The molecule has 0 aliphatic rings. The van der Waals surface area contributed by atoms with E-state index in [1.165, 1.54) is 193 Å². The zero-order chi connectivity index (χ0) is 66.1. The number of rotatable bonds is 69. The number of ether oxygens (including phenoxy) is 4. The molecule has 0 aliphatic heterocycles. The van der Waals surface area contributed by atoms with E-state index in [1.54, 1.807) is 0 Å². The van der Waals surface area contributed by atoms with E-state index in [2.05, 4.69) is 135 Å². The lowest BCUT2D eigenvalue weighted by molar-refractivity contribution is -0.870. The summed E-state index contributed by atoms with van der Waals surface area (Å²) in [4.78, 5) is 37.7. The lowest BCUT2D eigenvalue weighted by Crippen LogP contribution is -2.40. The maximum atomic E-state index is 13.0. The van der Waals surface area contributed by atoms with Crippen LogP contribution in [0, 0.1) is 0 Å². The molecule has 0 aromatic rings. The van der Waals surface area contributed by atoms with Crippen molar-refractivity contribution in [2.75, 3.05) is 47.5 Å². The Morgan fingerprint density at radius 2 is 0.593 bits per heavy atom. The minimum Gasteiger partial charge on any atom is -0.477 e. The summed E-state index contributed by atoms with van der Waals surface area (Å²) in [6.07, 6.45) is 99.0. The van der Waals surface area contributed by atoms with Crippen LogP contribution in [0.2, 0.25) is 0 Å². The molecule has 91 heavy (non-hydrogen) atoms. The number of quaternary nitrogens is 1. The maximum absolute atomic E-state index is 13.0. The van der Waals surface area contributed by atoms with Crippen molar-refractivity contribution in [1.82, 2.24) is 0 Å². The summed E-state index contributed by atoms with van der Waals surface area (Å²) >= 11 is 0. The van der Waals surface area contributed by atoms with Gasteiger partial charge in [0.25, 0.3) is 6.29 Å². The first-order valence-electron chi connectivity index (χ1n) is 37.7. The second kappa shape index (κ2) is 71.5. The molecule has 0 heterocycles. The third-order valence-corrected chi connectivity index (χ3v) is 16.2. The minimum absolute atomic E-state index is 0.183. The molecule has 522 valence electrons. The molecule has 0 rings (SSSR count). The summed E-state index contributed by atoms with van der Waals surface area (Å²) in [5.41, 5.74) is 0. The molecule has 0 amide bonds. The third-order valence-electron chi connectivity index (χ3n) is 16.2. The average molecular weight is 1270 g/mol. The van der Waals surface area contributed by atoms with Crippen LogP contribution < -0.4 is 0 Å². The van der Waals surface area contributed by atoms with Gasteiger partial charge < -0.3 is 28.5 Å². The normalized spacial score (nSPS) is 13.4. The smallest absolute Gasteiger partial charge is 0.361 e. The van der Waals surface area contributed by atoms with Gasteiger partial charge in [0.2, 0.25) is 0 Å². The van der Waals surface area contributed by atoms with E-state index in [1.807, 2.05) is 21.1 Å². The zero-order valence-electron chi connectivity index (χ0n) is 59.7. The van der Waals surface area contributed by atoms with Gasteiger partial charge >= 0.3 is 17.9 Å². The Kier molecular flexibility index (Phi) is 68.1.